The van der Waals surface area contributed by atoms with Gasteiger partial charge in [-0.25, -0.2) is 0 Å². The van der Waals surface area contributed by atoms with Crippen LogP contribution in [0.4, 0.5) is 0 Å². The Balaban J connectivity index is -0.000000339. The number of unbranched alkanes of at least 4 members (excludes halogenated alkanes) is 3. The fourth-order valence-corrected chi connectivity index (χ4v) is 1.28. The summed E-state index contributed by atoms with van der Waals surface area (Å²) in [6.45, 7) is 16.2. The monoisotopic (exact) mass is 292 g/mol. The minimum absolute atomic E-state index is 0.867. The molecular weight excluding hydrogens is 256 g/mol. The molecule has 2 nitrogen and oxygen atoms in total. The summed E-state index contributed by atoms with van der Waals surface area (Å²) in [7, 11) is 1.74. The van der Waals surface area contributed by atoms with Crippen LogP contribution in [0.15, 0.2) is 46.1 Å². The summed E-state index contributed by atoms with van der Waals surface area (Å²) in [5.74, 6) is 0. The molecular formula is C19H36N2. The topological polar surface area (TPSA) is 24.7 Å². The van der Waals surface area contributed by atoms with Crippen molar-refractivity contribution in [3.8, 4) is 0 Å². The van der Waals surface area contributed by atoms with E-state index in [0.29, 0.717) is 0 Å². The molecule has 0 aliphatic carbocycles. The molecule has 0 amide bonds. The van der Waals surface area contributed by atoms with Crippen molar-refractivity contribution in [2.75, 3.05) is 7.05 Å². The van der Waals surface area contributed by atoms with Gasteiger partial charge in [0.15, 0.2) is 0 Å². The Bertz CT molecular complexity index is 316. The Labute approximate surface area is 133 Å². The van der Waals surface area contributed by atoms with Gasteiger partial charge in [0.25, 0.3) is 0 Å². The first-order valence-corrected chi connectivity index (χ1v) is 8.09. The van der Waals surface area contributed by atoms with Crippen molar-refractivity contribution in [3.05, 3.63) is 36.1 Å². The number of hydrogen-bond donors (Lipinski definition) is 0. The predicted octanol–water partition coefficient (Wildman–Crippen LogP) is 6.41. The van der Waals surface area contributed by atoms with Crippen molar-refractivity contribution in [2.45, 2.75) is 67.2 Å². The van der Waals surface area contributed by atoms with E-state index >= 15 is 0 Å². The van der Waals surface area contributed by atoms with Gasteiger partial charge in [0.2, 0.25) is 0 Å². The highest BCUT2D eigenvalue weighted by atomic mass is 14.7. The van der Waals surface area contributed by atoms with Crippen LogP contribution in [0.3, 0.4) is 0 Å². The molecule has 0 fully saturated rings. The third-order valence-corrected chi connectivity index (χ3v) is 2.37. The van der Waals surface area contributed by atoms with Crippen molar-refractivity contribution < 1.29 is 0 Å². The molecule has 0 saturated carbocycles. The number of aliphatic imine (C=N–C) groups is 2. The molecule has 0 aliphatic heterocycles. The smallest absolute Gasteiger partial charge is 0.0340 e. The average Bonchev–Trinajstić information content (AvgIpc) is 2.53. The molecule has 0 atom stereocenters. The molecule has 0 bridgehead atoms. The number of nitrogens with zero attached hydrogens (tertiary/aromatic N) is 2. The van der Waals surface area contributed by atoms with Crippen LogP contribution >= 0.6 is 0 Å². The second-order valence-corrected chi connectivity index (χ2v) is 4.12. The van der Waals surface area contributed by atoms with Crippen LogP contribution in [0, 0.1) is 0 Å². The van der Waals surface area contributed by atoms with E-state index in [1.54, 1.807) is 25.7 Å². The summed E-state index contributed by atoms with van der Waals surface area (Å²) in [6.07, 6.45) is 14.6. The predicted molar refractivity (Wildman–Crippen MR) is 102 cm³/mol. The SMILES string of the molecule is C=C(C=N/C=C\C)/C(C=NC)=C/C.CC.CCCCCC. The number of rotatable bonds is 7. The van der Waals surface area contributed by atoms with Gasteiger partial charge < -0.3 is 0 Å². The van der Waals surface area contributed by atoms with Crippen molar-refractivity contribution in [2.24, 2.45) is 9.98 Å². The van der Waals surface area contributed by atoms with E-state index in [9.17, 15) is 0 Å². The van der Waals surface area contributed by atoms with Crippen LogP contribution in [0.1, 0.15) is 67.2 Å². The maximum atomic E-state index is 4.03. The van der Waals surface area contributed by atoms with E-state index < -0.39 is 0 Å². The molecule has 0 N–H and O–H groups in total. The van der Waals surface area contributed by atoms with E-state index in [1.807, 2.05) is 39.8 Å². The van der Waals surface area contributed by atoms with Crippen LogP contribution in [0.5, 0.6) is 0 Å². The molecule has 0 aliphatic rings. The van der Waals surface area contributed by atoms with Gasteiger partial charge in [-0.1, -0.05) is 72.1 Å². The zero-order valence-electron chi connectivity index (χ0n) is 15.3. The van der Waals surface area contributed by atoms with Gasteiger partial charge in [-0.2, -0.15) is 0 Å². The lowest BCUT2D eigenvalue weighted by Crippen LogP contribution is -1.90. The van der Waals surface area contributed by atoms with Crippen LogP contribution in [-0.2, 0) is 0 Å². The van der Waals surface area contributed by atoms with Crippen molar-refractivity contribution in [1.82, 2.24) is 0 Å². The maximum absolute atomic E-state index is 4.03. The highest BCUT2D eigenvalue weighted by Gasteiger charge is 1.93. The molecule has 122 valence electrons. The van der Waals surface area contributed by atoms with Crippen molar-refractivity contribution >= 4 is 12.4 Å². The Morgan fingerprint density at radius 2 is 1.52 bits per heavy atom. The number of hydrogen-bond acceptors (Lipinski definition) is 2. The minimum Gasteiger partial charge on any atom is -0.296 e. The Morgan fingerprint density at radius 1 is 1.00 bits per heavy atom. The Kier molecular flexibility index (Phi) is 27.7. The van der Waals surface area contributed by atoms with Gasteiger partial charge in [-0.05, 0) is 25.0 Å². The Morgan fingerprint density at radius 3 is 1.86 bits per heavy atom. The minimum atomic E-state index is 0.867. The molecule has 0 saturated heterocycles. The number of allylic oxidation sites excluding steroid dienone is 4. The fourth-order valence-electron chi connectivity index (χ4n) is 1.28. The van der Waals surface area contributed by atoms with E-state index in [0.717, 1.165) is 11.1 Å². The first-order chi connectivity index (χ1) is 10.2. The summed E-state index contributed by atoms with van der Waals surface area (Å²) in [5, 5.41) is 0. The quantitative estimate of drug-likeness (QED) is 0.294. The van der Waals surface area contributed by atoms with Gasteiger partial charge in [0.1, 0.15) is 0 Å². The summed E-state index contributed by atoms with van der Waals surface area (Å²) >= 11 is 0. The normalized spacial score (nSPS) is 11.3. The molecule has 0 aromatic carbocycles. The highest BCUT2D eigenvalue weighted by Crippen LogP contribution is 2.02. The van der Waals surface area contributed by atoms with Crippen LogP contribution in [-0.4, -0.2) is 19.5 Å². The molecule has 0 radical (unpaired) electrons. The molecule has 21 heavy (non-hydrogen) atoms. The largest absolute Gasteiger partial charge is 0.296 e. The second-order valence-electron chi connectivity index (χ2n) is 4.12. The molecule has 2 heteroatoms. The van der Waals surface area contributed by atoms with Gasteiger partial charge in [-0.15, -0.1) is 0 Å². The molecule has 0 unspecified atom stereocenters. The van der Waals surface area contributed by atoms with E-state index in [4.69, 9.17) is 0 Å². The zero-order chi connectivity index (χ0) is 16.9. The highest BCUT2D eigenvalue weighted by molar-refractivity contribution is 5.97. The summed E-state index contributed by atoms with van der Waals surface area (Å²) in [6, 6.07) is 0. The first kappa shape index (κ1) is 24.6. The molecule has 0 aromatic heterocycles. The summed E-state index contributed by atoms with van der Waals surface area (Å²) in [5.41, 5.74) is 1.86. The van der Waals surface area contributed by atoms with Crippen molar-refractivity contribution in [3.63, 3.8) is 0 Å². The Hall–Kier alpha value is -1.44. The molecule has 0 heterocycles. The van der Waals surface area contributed by atoms with Gasteiger partial charge >= 0.3 is 0 Å². The van der Waals surface area contributed by atoms with Gasteiger partial charge in [-0.3, -0.25) is 9.98 Å². The lowest BCUT2D eigenvalue weighted by atomic mass is 10.1. The second kappa shape index (κ2) is 23.6. The third kappa shape index (κ3) is 21.0. The molecule has 0 rings (SSSR count). The lowest BCUT2D eigenvalue weighted by molar-refractivity contribution is 0.702. The third-order valence-electron chi connectivity index (χ3n) is 2.37. The summed E-state index contributed by atoms with van der Waals surface area (Å²) < 4.78 is 0. The lowest BCUT2D eigenvalue weighted by Gasteiger charge is -1.96. The van der Waals surface area contributed by atoms with Gasteiger partial charge in [0, 0.05) is 25.7 Å². The zero-order valence-corrected chi connectivity index (χ0v) is 15.3. The molecule has 0 aromatic rings. The van der Waals surface area contributed by atoms with E-state index in [2.05, 4.69) is 30.4 Å². The maximum Gasteiger partial charge on any atom is 0.0340 e. The van der Waals surface area contributed by atoms with Crippen LogP contribution < -0.4 is 0 Å². The molecule has 0 spiro atoms. The first-order valence-electron chi connectivity index (χ1n) is 8.09. The van der Waals surface area contributed by atoms with Gasteiger partial charge in [0.05, 0.1) is 0 Å². The van der Waals surface area contributed by atoms with Crippen LogP contribution in [0.2, 0.25) is 0 Å². The van der Waals surface area contributed by atoms with E-state index in [-0.39, 0.29) is 0 Å². The van der Waals surface area contributed by atoms with Crippen LogP contribution in [0.25, 0.3) is 0 Å². The average molecular weight is 293 g/mol. The standard InChI is InChI=1S/C11H16N2.C6H14.C2H6/c1-5-7-13-8-10(3)11(6-2)9-12-4;1-3-5-6-4-2;1-2/h5-9H,3H2,1-2,4H3;3-6H2,1-2H3;1-2H3/b7-5-,11-6+,12-9?,13-8?;;. The fraction of sp³-hybridized carbons (Fsp3) is 0.579. The van der Waals surface area contributed by atoms with Crippen molar-refractivity contribution in [1.29, 1.82) is 0 Å². The summed E-state index contributed by atoms with van der Waals surface area (Å²) in [4.78, 5) is 7.96. The van der Waals surface area contributed by atoms with E-state index in [1.165, 1.54) is 25.7 Å².